The van der Waals surface area contributed by atoms with Gasteiger partial charge in [-0.25, -0.2) is 4.79 Å². The van der Waals surface area contributed by atoms with E-state index in [4.69, 9.17) is 4.74 Å². The second-order valence-corrected chi connectivity index (χ2v) is 7.57. The number of urea groups is 1. The van der Waals surface area contributed by atoms with Gasteiger partial charge in [0.1, 0.15) is 17.8 Å². The Hall–Kier alpha value is -3.35. The van der Waals surface area contributed by atoms with Crippen molar-refractivity contribution in [3.63, 3.8) is 0 Å². The number of para-hydroxylation sites is 2. The summed E-state index contributed by atoms with van der Waals surface area (Å²) in [4.78, 5) is 38.5. The van der Waals surface area contributed by atoms with Crippen molar-refractivity contribution in [2.24, 2.45) is 0 Å². The highest BCUT2D eigenvalue weighted by Crippen LogP contribution is 2.35. The molecule has 4 rings (SSSR count). The fourth-order valence-corrected chi connectivity index (χ4v) is 3.86. The lowest BCUT2D eigenvalue weighted by Crippen LogP contribution is -2.44. The highest BCUT2D eigenvalue weighted by atomic mass is 16.5. The Balaban J connectivity index is 1.44. The third-order valence-corrected chi connectivity index (χ3v) is 5.41. The molecule has 2 aromatic rings. The van der Waals surface area contributed by atoms with Crippen LogP contribution < -0.4 is 15.4 Å². The first kappa shape index (κ1) is 19.0. The summed E-state index contributed by atoms with van der Waals surface area (Å²) in [6.07, 6.45) is 3.05. The van der Waals surface area contributed by atoms with Gasteiger partial charge in [-0.2, -0.15) is 0 Å². The van der Waals surface area contributed by atoms with Crippen LogP contribution in [0.3, 0.4) is 0 Å². The third-order valence-electron chi connectivity index (χ3n) is 5.41. The molecule has 0 atom stereocenters. The second-order valence-electron chi connectivity index (χ2n) is 7.57. The lowest BCUT2D eigenvalue weighted by atomic mass is 9.98. The van der Waals surface area contributed by atoms with E-state index in [2.05, 4.69) is 10.6 Å². The molecule has 4 amide bonds. The predicted molar refractivity (Wildman–Crippen MR) is 108 cm³/mol. The number of hydrogen-bond acceptors (Lipinski definition) is 4. The van der Waals surface area contributed by atoms with E-state index in [9.17, 15) is 14.4 Å². The van der Waals surface area contributed by atoms with Gasteiger partial charge in [-0.05, 0) is 44.0 Å². The fraction of sp³-hybridized carbons (Fsp3) is 0.318. The molecule has 0 bridgehead atoms. The van der Waals surface area contributed by atoms with E-state index in [1.54, 1.807) is 24.3 Å². The van der Waals surface area contributed by atoms with E-state index >= 15 is 0 Å². The topological polar surface area (TPSA) is 87.7 Å². The molecule has 2 aromatic carbocycles. The zero-order valence-electron chi connectivity index (χ0n) is 16.2. The van der Waals surface area contributed by atoms with Gasteiger partial charge in [0.05, 0.1) is 5.69 Å². The average molecular weight is 393 g/mol. The Morgan fingerprint density at radius 1 is 1.10 bits per heavy atom. The molecule has 2 N–H and O–H groups in total. The summed E-state index contributed by atoms with van der Waals surface area (Å²) >= 11 is 0. The molecule has 7 nitrogen and oxygen atoms in total. The van der Waals surface area contributed by atoms with Crippen molar-refractivity contribution in [3.05, 3.63) is 54.1 Å². The van der Waals surface area contributed by atoms with Gasteiger partial charge in [0.25, 0.3) is 5.91 Å². The maximum atomic E-state index is 12.7. The molecule has 1 heterocycles. The first-order valence-electron chi connectivity index (χ1n) is 9.74. The van der Waals surface area contributed by atoms with Crippen LogP contribution >= 0.6 is 0 Å². The van der Waals surface area contributed by atoms with Crippen LogP contribution in [0.2, 0.25) is 0 Å². The molecule has 1 aliphatic carbocycles. The Morgan fingerprint density at radius 2 is 1.79 bits per heavy atom. The molecule has 2 aliphatic rings. The Kier molecular flexibility index (Phi) is 4.96. The molecule has 1 aliphatic heterocycles. The van der Waals surface area contributed by atoms with E-state index in [0.717, 1.165) is 23.3 Å². The Bertz CT molecular complexity index is 949. The highest BCUT2D eigenvalue weighted by Gasteiger charge is 2.52. The lowest BCUT2D eigenvalue weighted by molar-refractivity contribution is -0.133. The van der Waals surface area contributed by atoms with Crippen LogP contribution in [0.4, 0.5) is 10.5 Å². The van der Waals surface area contributed by atoms with E-state index < -0.39 is 17.5 Å². The number of nitrogens with one attached hydrogen (secondary N) is 2. The first-order chi connectivity index (χ1) is 14.0. The predicted octanol–water partition coefficient (Wildman–Crippen LogP) is 3.59. The standard InChI is InChI=1S/C22H23N3O4/c1-15-8-10-16(11-9-15)29-18-7-3-2-6-17(18)23-19(26)14-25-20(27)22(24-21(25)28)12-4-5-13-22/h2-3,6-11H,4-5,12-14H2,1H3,(H,23,26)(H,24,28). The van der Waals surface area contributed by atoms with Crippen LogP contribution in [0.5, 0.6) is 11.5 Å². The Morgan fingerprint density at radius 3 is 2.52 bits per heavy atom. The minimum Gasteiger partial charge on any atom is -0.455 e. The van der Waals surface area contributed by atoms with Gasteiger partial charge in [-0.15, -0.1) is 0 Å². The number of hydrogen-bond donors (Lipinski definition) is 2. The number of rotatable bonds is 5. The molecule has 0 unspecified atom stereocenters. The van der Waals surface area contributed by atoms with Crippen LogP contribution in [0.25, 0.3) is 0 Å². The van der Waals surface area contributed by atoms with E-state index in [1.165, 1.54) is 0 Å². The number of ether oxygens (including phenoxy) is 1. The summed E-state index contributed by atoms with van der Waals surface area (Å²) in [5.41, 5.74) is 0.775. The Labute approximate surface area is 169 Å². The van der Waals surface area contributed by atoms with Crippen molar-refractivity contribution in [2.75, 3.05) is 11.9 Å². The average Bonchev–Trinajstić information content (AvgIpc) is 3.26. The SMILES string of the molecule is Cc1ccc(Oc2ccccc2NC(=O)CN2C(=O)NC3(CCCC3)C2=O)cc1. The van der Waals surface area contributed by atoms with E-state index in [0.29, 0.717) is 30.0 Å². The number of benzene rings is 2. The zero-order chi connectivity index (χ0) is 20.4. The lowest BCUT2D eigenvalue weighted by Gasteiger charge is -2.20. The van der Waals surface area contributed by atoms with Crippen molar-refractivity contribution < 1.29 is 19.1 Å². The molecule has 1 saturated carbocycles. The number of carbonyl (C=O) groups is 3. The van der Waals surface area contributed by atoms with Crippen LogP contribution in [-0.2, 0) is 9.59 Å². The van der Waals surface area contributed by atoms with Gasteiger partial charge < -0.3 is 15.4 Å². The number of anilines is 1. The van der Waals surface area contributed by atoms with Crippen LogP contribution in [0, 0.1) is 6.92 Å². The third kappa shape index (κ3) is 3.81. The molecule has 2 fully saturated rings. The van der Waals surface area contributed by atoms with Crippen molar-refractivity contribution >= 4 is 23.5 Å². The molecule has 150 valence electrons. The second kappa shape index (κ2) is 7.58. The zero-order valence-corrected chi connectivity index (χ0v) is 16.2. The minimum atomic E-state index is -0.816. The summed E-state index contributed by atoms with van der Waals surface area (Å²) < 4.78 is 5.88. The number of aryl methyl sites for hydroxylation is 1. The van der Waals surface area contributed by atoms with Gasteiger partial charge in [-0.3, -0.25) is 14.5 Å². The van der Waals surface area contributed by atoms with Crippen LogP contribution in [-0.4, -0.2) is 34.8 Å². The molecule has 0 aromatic heterocycles. The molecule has 0 radical (unpaired) electrons. The smallest absolute Gasteiger partial charge is 0.325 e. The largest absolute Gasteiger partial charge is 0.455 e. The maximum absolute atomic E-state index is 12.7. The molecule has 1 spiro atoms. The summed E-state index contributed by atoms with van der Waals surface area (Å²) in [7, 11) is 0. The van der Waals surface area contributed by atoms with E-state index in [1.807, 2.05) is 31.2 Å². The number of amides is 4. The molecular formula is C22H23N3O4. The van der Waals surface area contributed by atoms with Gasteiger partial charge in [-0.1, -0.05) is 42.7 Å². The van der Waals surface area contributed by atoms with Crippen molar-refractivity contribution in [2.45, 2.75) is 38.1 Å². The molecule has 7 heteroatoms. The van der Waals surface area contributed by atoms with Gasteiger partial charge >= 0.3 is 6.03 Å². The molecule has 29 heavy (non-hydrogen) atoms. The van der Waals surface area contributed by atoms with Crippen molar-refractivity contribution in [1.29, 1.82) is 0 Å². The summed E-state index contributed by atoms with van der Waals surface area (Å²) in [6, 6.07) is 14.1. The number of carbonyl (C=O) groups excluding carboxylic acids is 3. The summed E-state index contributed by atoms with van der Waals surface area (Å²) in [5, 5.41) is 5.53. The first-order valence-corrected chi connectivity index (χ1v) is 9.74. The van der Waals surface area contributed by atoms with Crippen molar-refractivity contribution in [3.8, 4) is 11.5 Å². The molecular weight excluding hydrogens is 370 g/mol. The molecule has 1 saturated heterocycles. The quantitative estimate of drug-likeness (QED) is 0.760. The number of imide groups is 1. The number of nitrogens with zero attached hydrogens (tertiary/aromatic N) is 1. The minimum absolute atomic E-state index is 0.306. The van der Waals surface area contributed by atoms with Crippen molar-refractivity contribution in [1.82, 2.24) is 10.2 Å². The van der Waals surface area contributed by atoms with Gasteiger partial charge in [0.15, 0.2) is 5.75 Å². The van der Waals surface area contributed by atoms with Gasteiger partial charge in [0.2, 0.25) is 5.91 Å². The van der Waals surface area contributed by atoms with E-state index in [-0.39, 0.29) is 12.5 Å². The highest BCUT2D eigenvalue weighted by molar-refractivity contribution is 6.10. The van der Waals surface area contributed by atoms with Gasteiger partial charge in [0, 0.05) is 0 Å². The summed E-state index contributed by atoms with van der Waals surface area (Å²) in [6.45, 7) is 1.66. The fourth-order valence-electron chi connectivity index (χ4n) is 3.86. The summed E-state index contributed by atoms with van der Waals surface area (Å²) in [5.74, 6) is 0.367. The normalized spacial score (nSPS) is 17.5. The monoisotopic (exact) mass is 393 g/mol. The van der Waals surface area contributed by atoms with Crippen LogP contribution in [0.1, 0.15) is 31.2 Å². The maximum Gasteiger partial charge on any atom is 0.325 e. The van der Waals surface area contributed by atoms with Crippen LogP contribution in [0.15, 0.2) is 48.5 Å².